The molecule has 0 aliphatic carbocycles. The molecule has 0 aliphatic heterocycles. The van der Waals surface area contributed by atoms with E-state index in [0.29, 0.717) is 11.8 Å². The quantitative estimate of drug-likeness (QED) is 0.867. The van der Waals surface area contributed by atoms with Crippen LogP contribution in [0.15, 0.2) is 28.7 Å². The van der Waals surface area contributed by atoms with Crippen molar-refractivity contribution in [1.29, 1.82) is 0 Å². The van der Waals surface area contributed by atoms with Gasteiger partial charge >= 0.3 is 5.97 Å². The van der Waals surface area contributed by atoms with E-state index < -0.39 is 5.97 Å². The van der Waals surface area contributed by atoms with Gasteiger partial charge in [-0.3, -0.25) is 4.79 Å². The zero-order valence-corrected chi connectivity index (χ0v) is 9.79. The van der Waals surface area contributed by atoms with E-state index in [2.05, 4.69) is 10.2 Å². The molecule has 18 heavy (non-hydrogen) atoms. The number of methoxy groups -OCH3 is 1. The largest absolute Gasteiger partial charge is 0.497 e. The van der Waals surface area contributed by atoms with Gasteiger partial charge in [-0.2, -0.15) is 0 Å². The molecule has 1 aromatic carbocycles. The first-order chi connectivity index (χ1) is 8.69. The van der Waals surface area contributed by atoms with Gasteiger partial charge in [-0.1, -0.05) is 0 Å². The van der Waals surface area contributed by atoms with E-state index in [1.54, 1.807) is 31.4 Å². The summed E-state index contributed by atoms with van der Waals surface area (Å²) >= 11 is 0. The van der Waals surface area contributed by atoms with Crippen LogP contribution in [0.2, 0.25) is 0 Å². The third kappa shape index (κ3) is 2.85. The highest BCUT2D eigenvalue weighted by molar-refractivity contribution is 5.66. The van der Waals surface area contributed by atoms with Gasteiger partial charge < -0.3 is 14.3 Å². The number of carboxylic acids is 1. The lowest BCUT2D eigenvalue weighted by Gasteiger charge is -1.99. The number of aryl methyl sites for hydroxylation is 1. The number of hydrogen-bond acceptors (Lipinski definition) is 5. The Morgan fingerprint density at radius 3 is 2.67 bits per heavy atom. The summed E-state index contributed by atoms with van der Waals surface area (Å²) in [4.78, 5) is 10.4. The lowest BCUT2D eigenvalue weighted by molar-refractivity contribution is -0.137. The zero-order valence-electron chi connectivity index (χ0n) is 9.79. The van der Waals surface area contributed by atoms with Crippen LogP contribution in [0.4, 0.5) is 0 Å². The average molecular weight is 248 g/mol. The molecule has 94 valence electrons. The molecule has 1 N–H and O–H groups in total. The van der Waals surface area contributed by atoms with Gasteiger partial charge in [0.05, 0.1) is 13.5 Å². The second-order valence-electron chi connectivity index (χ2n) is 3.62. The average Bonchev–Trinajstić information content (AvgIpc) is 2.85. The molecular weight excluding hydrogens is 236 g/mol. The molecular formula is C12H12N2O4. The molecule has 0 saturated carbocycles. The number of ether oxygens (including phenoxy) is 1. The maximum Gasteiger partial charge on any atom is 0.303 e. The van der Waals surface area contributed by atoms with Crippen LogP contribution in [0, 0.1) is 0 Å². The van der Waals surface area contributed by atoms with Crippen molar-refractivity contribution < 1.29 is 19.1 Å². The van der Waals surface area contributed by atoms with Crippen molar-refractivity contribution in [2.24, 2.45) is 0 Å². The molecule has 1 aromatic heterocycles. The fourth-order valence-corrected chi connectivity index (χ4v) is 1.42. The second kappa shape index (κ2) is 5.31. The lowest BCUT2D eigenvalue weighted by atomic mass is 10.2. The molecule has 6 nitrogen and oxygen atoms in total. The van der Waals surface area contributed by atoms with Crippen LogP contribution in [-0.2, 0) is 11.2 Å². The summed E-state index contributed by atoms with van der Waals surface area (Å²) in [7, 11) is 1.59. The predicted octanol–water partition coefficient (Wildman–Crippen LogP) is 1.76. The Kier molecular flexibility index (Phi) is 3.57. The maximum absolute atomic E-state index is 10.4. The Morgan fingerprint density at radius 2 is 2.06 bits per heavy atom. The highest BCUT2D eigenvalue weighted by Crippen LogP contribution is 2.21. The number of rotatable bonds is 5. The fourth-order valence-electron chi connectivity index (χ4n) is 1.42. The Hall–Kier alpha value is -2.37. The van der Waals surface area contributed by atoms with Gasteiger partial charge in [0.2, 0.25) is 11.8 Å². The van der Waals surface area contributed by atoms with E-state index in [1.165, 1.54) is 0 Å². The highest BCUT2D eigenvalue weighted by Gasteiger charge is 2.09. The van der Waals surface area contributed by atoms with E-state index in [1.807, 2.05) is 0 Å². The topological polar surface area (TPSA) is 85.5 Å². The highest BCUT2D eigenvalue weighted by atomic mass is 16.5. The first-order valence-corrected chi connectivity index (χ1v) is 5.37. The van der Waals surface area contributed by atoms with Crippen molar-refractivity contribution in [3.8, 4) is 17.2 Å². The molecule has 1 heterocycles. The van der Waals surface area contributed by atoms with Gasteiger partial charge in [-0.25, -0.2) is 0 Å². The normalized spacial score (nSPS) is 10.3. The minimum absolute atomic E-state index is 0.0236. The monoisotopic (exact) mass is 248 g/mol. The Balaban J connectivity index is 2.10. The van der Waals surface area contributed by atoms with Crippen LogP contribution >= 0.6 is 0 Å². The number of aliphatic carboxylic acids is 1. The SMILES string of the molecule is COc1ccc(-c2nnc(CCC(=O)O)o2)cc1. The number of nitrogens with zero attached hydrogens (tertiary/aromatic N) is 2. The van der Waals surface area contributed by atoms with Crippen molar-refractivity contribution >= 4 is 5.97 Å². The molecule has 0 saturated heterocycles. The van der Waals surface area contributed by atoms with Gasteiger partial charge in [-0.15, -0.1) is 10.2 Å². The smallest absolute Gasteiger partial charge is 0.303 e. The molecule has 6 heteroatoms. The van der Waals surface area contributed by atoms with E-state index in [4.69, 9.17) is 14.3 Å². The third-order valence-corrected chi connectivity index (χ3v) is 2.36. The maximum atomic E-state index is 10.4. The molecule has 0 amide bonds. The summed E-state index contributed by atoms with van der Waals surface area (Å²) in [6.07, 6.45) is 0.211. The molecule has 0 spiro atoms. The molecule has 0 bridgehead atoms. The Bertz CT molecular complexity index is 533. The summed E-state index contributed by atoms with van der Waals surface area (Å²) < 4.78 is 10.4. The van der Waals surface area contributed by atoms with Crippen molar-refractivity contribution in [1.82, 2.24) is 10.2 Å². The molecule has 2 rings (SSSR count). The van der Waals surface area contributed by atoms with Crippen LogP contribution in [0.5, 0.6) is 5.75 Å². The Labute approximate surface area is 103 Å². The summed E-state index contributed by atoms with van der Waals surface area (Å²) in [5, 5.41) is 16.2. The van der Waals surface area contributed by atoms with Crippen LogP contribution in [-0.4, -0.2) is 28.4 Å². The number of carboxylic acid groups (broad SMARTS) is 1. The third-order valence-electron chi connectivity index (χ3n) is 2.36. The zero-order chi connectivity index (χ0) is 13.0. The minimum atomic E-state index is -0.890. The molecule has 0 fully saturated rings. The molecule has 0 radical (unpaired) electrons. The summed E-state index contributed by atoms with van der Waals surface area (Å²) in [5.41, 5.74) is 0.768. The summed E-state index contributed by atoms with van der Waals surface area (Å²) in [5.74, 6) is 0.546. The molecule has 0 unspecified atom stereocenters. The standard InChI is InChI=1S/C12H12N2O4/c1-17-9-4-2-8(3-5-9)12-14-13-10(18-12)6-7-11(15)16/h2-5H,6-7H2,1H3,(H,15,16). The molecule has 0 atom stereocenters. The van der Waals surface area contributed by atoms with E-state index in [9.17, 15) is 4.79 Å². The number of carbonyl (C=O) groups is 1. The first kappa shape index (κ1) is 12.1. The lowest BCUT2D eigenvalue weighted by Crippen LogP contribution is -1.97. The van der Waals surface area contributed by atoms with Crippen LogP contribution in [0.1, 0.15) is 12.3 Å². The molecule has 0 aliphatic rings. The number of aromatic nitrogens is 2. The van der Waals surface area contributed by atoms with Gasteiger partial charge in [0.15, 0.2) is 0 Å². The van der Waals surface area contributed by atoms with Gasteiger partial charge in [0.25, 0.3) is 0 Å². The molecule has 2 aromatic rings. The van der Waals surface area contributed by atoms with Crippen molar-refractivity contribution in [2.75, 3.05) is 7.11 Å². The Morgan fingerprint density at radius 1 is 1.33 bits per heavy atom. The van der Waals surface area contributed by atoms with Crippen LogP contribution in [0.3, 0.4) is 0 Å². The number of benzene rings is 1. The van der Waals surface area contributed by atoms with E-state index in [0.717, 1.165) is 11.3 Å². The summed E-state index contributed by atoms with van der Waals surface area (Å²) in [6, 6.07) is 7.17. The predicted molar refractivity (Wildman–Crippen MR) is 62.2 cm³/mol. The van der Waals surface area contributed by atoms with Crippen molar-refractivity contribution in [3.05, 3.63) is 30.2 Å². The summed E-state index contributed by atoms with van der Waals surface area (Å²) in [6.45, 7) is 0. The van der Waals surface area contributed by atoms with Crippen LogP contribution in [0.25, 0.3) is 11.5 Å². The fraction of sp³-hybridized carbons (Fsp3) is 0.250. The van der Waals surface area contributed by atoms with Gasteiger partial charge in [0, 0.05) is 12.0 Å². The minimum Gasteiger partial charge on any atom is -0.497 e. The van der Waals surface area contributed by atoms with Crippen molar-refractivity contribution in [3.63, 3.8) is 0 Å². The first-order valence-electron chi connectivity index (χ1n) is 5.37. The van der Waals surface area contributed by atoms with Gasteiger partial charge in [0.1, 0.15) is 5.75 Å². The van der Waals surface area contributed by atoms with E-state index >= 15 is 0 Å². The van der Waals surface area contributed by atoms with Gasteiger partial charge in [-0.05, 0) is 24.3 Å². The second-order valence-corrected chi connectivity index (χ2v) is 3.62. The number of hydrogen-bond donors (Lipinski definition) is 1. The van der Waals surface area contributed by atoms with Crippen molar-refractivity contribution in [2.45, 2.75) is 12.8 Å². The van der Waals surface area contributed by atoms with Crippen LogP contribution < -0.4 is 4.74 Å². The van der Waals surface area contributed by atoms with E-state index in [-0.39, 0.29) is 12.8 Å².